The van der Waals surface area contributed by atoms with Crippen molar-refractivity contribution in [2.75, 3.05) is 36.0 Å². The molecule has 3 rings (SSSR count). The zero-order valence-corrected chi connectivity index (χ0v) is 12.4. The van der Waals surface area contributed by atoms with Crippen molar-refractivity contribution in [3.8, 4) is 0 Å². The van der Waals surface area contributed by atoms with Gasteiger partial charge in [0.15, 0.2) is 5.13 Å². The van der Waals surface area contributed by atoms with Crippen LogP contribution < -0.4 is 9.80 Å². The van der Waals surface area contributed by atoms with E-state index in [0.29, 0.717) is 4.88 Å². The number of para-hydroxylation sites is 1. The van der Waals surface area contributed by atoms with Gasteiger partial charge in [-0.3, -0.25) is 0 Å². The van der Waals surface area contributed by atoms with Gasteiger partial charge in [-0.2, -0.15) is 0 Å². The Labute approximate surface area is 127 Å². The van der Waals surface area contributed by atoms with Crippen molar-refractivity contribution >= 4 is 28.1 Å². The van der Waals surface area contributed by atoms with Crippen LogP contribution in [0.5, 0.6) is 0 Å². The van der Waals surface area contributed by atoms with Gasteiger partial charge in [-0.25, -0.2) is 9.78 Å². The highest BCUT2D eigenvalue weighted by molar-refractivity contribution is 7.17. The summed E-state index contributed by atoms with van der Waals surface area (Å²) in [4.78, 5) is 20.0. The minimum absolute atomic E-state index is 0.300. The van der Waals surface area contributed by atoms with Crippen LogP contribution in [0.3, 0.4) is 0 Å². The van der Waals surface area contributed by atoms with Crippen molar-refractivity contribution in [1.82, 2.24) is 4.98 Å². The van der Waals surface area contributed by atoms with E-state index in [-0.39, 0.29) is 0 Å². The first-order valence-electron chi connectivity index (χ1n) is 6.98. The molecule has 1 saturated heterocycles. The number of carboxylic acids is 1. The van der Waals surface area contributed by atoms with E-state index in [9.17, 15) is 4.79 Å². The minimum Gasteiger partial charge on any atom is -0.477 e. The lowest BCUT2D eigenvalue weighted by Gasteiger charge is -2.23. The van der Waals surface area contributed by atoms with Crippen molar-refractivity contribution in [3.05, 3.63) is 41.4 Å². The maximum Gasteiger partial charge on any atom is 0.347 e. The second-order valence-electron chi connectivity index (χ2n) is 4.98. The fourth-order valence-electron chi connectivity index (χ4n) is 2.52. The van der Waals surface area contributed by atoms with Gasteiger partial charge in [0, 0.05) is 31.9 Å². The molecule has 0 atom stereocenters. The Morgan fingerprint density at radius 3 is 2.52 bits per heavy atom. The Morgan fingerprint density at radius 1 is 1.10 bits per heavy atom. The quantitative estimate of drug-likeness (QED) is 0.944. The molecule has 1 aliphatic rings. The monoisotopic (exact) mass is 303 g/mol. The van der Waals surface area contributed by atoms with Crippen molar-refractivity contribution in [1.29, 1.82) is 0 Å². The topological polar surface area (TPSA) is 56.7 Å². The van der Waals surface area contributed by atoms with Crippen LogP contribution in [0.15, 0.2) is 36.5 Å². The van der Waals surface area contributed by atoms with Crippen LogP contribution in [-0.4, -0.2) is 42.2 Å². The number of hydrogen-bond donors (Lipinski definition) is 1. The highest BCUT2D eigenvalue weighted by Crippen LogP contribution is 2.24. The van der Waals surface area contributed by atoms with Gasteiger partial charge in [0.25, 0.3) is 0 Å². The van der Waals surface area contributed by atoms with Crippen LogP contribution in [0.25, 0.3) is 0 Å². The molecule has 0 radical (unpaired) electrons. The van der Waals surface area contributed by atoms with Crippen LogP contribution in [0.2, 0.25) is 0 Å². The Kier molecular flexibility index (Phi) is 4.06. The molecular weight excluding hydrogens is 286 g/mol. The predicted octanol–water partition coefficient (Wildman–Crippen LogP) is 2.56. The van der Waals surface area contributed by atoms with Crippen molar-refractivity contribution in [3.63, 3.8) is 0 Å². The van der Waals surface area contributed by atoms with E-state index < -0.39 is 5.97 Å². The second kappa shape index (κ2) is 6.13. The number of anilines is 2. The van der Waals surface area contributed by atoms with Gasteiger partial charge in [-0.05, 0) is 18.6 Å². The number of carboxylic acid groups (broad SMARTS) is 1. The summed E-state index contributed by atoms with van der Waals surface area (Å²) in [5, 5.41) is 9.79. The summed E-state index contributed by atoms with van der Waals surface area (Å²) in [5.41, 5.74) is 1.24. The third-order valence-corrected chi connectivity index (χ3v) is 4.64. The Bertz CT molecular complexity index is 614. The van der Waals surface area contributed by atoms with E-state index in [1.54, 1.807) is 0 Å². The Balaban J connectivity index is 1.69. The number of hydrogen-bond acceptors (Lipinski definition) is 5. The molecule has 1 aliphatic heterocycles. The molecule has 1 N–H and O–H groups in total. The maximum atomic E-state index is 10.9. The van der Waals surface area contributed by atoms with Crippen LogP contribution >= 0.6 is 11.3 Å². The highest BCUT2D eigenvalue weighted by Gasteiger charge is 2.19. The molecule has 1 aromatic carbocycles. The van der Waals surface area contributed by atoms with Gasteiger partial charge in [0.1, 0.15) is 4.88 Å². The molecule has 0 saturated carbocycles. The minimum atomic E-state index is -0.903. The molecule has 110 valence electrons. The van der Waals surface area contributed by atoms with Gasteiger partial charge >= 0.3 is 5.97 Å². The first-order chi connectivity index (χ1) is 10.2. The molecule has 0 bridgehead atoms. The second-order valence-corrected chi connectivity index (χ2v) is 5.98. The average molecular weight is 303 g/mol. The Morgan fingerprint density at radius 2 is 1.81 bits per heavy atom. The number of aromatic nitrogens is 1. The molecule has 2 aromatic rings. The van der Waals surface area contributed by atoms with Gasteiger partial charge in [0.05, 0.1) is 6.20 Å². The van der Waals surface area contributed by atoms with Crippen LogP contribution in [0.4, 0.5) is 10.8 Å². The SMILES string of the molecule is O=C(O)c1cnc(N2CCCN(c3ccccc3)CC2)s1. The lowest BCUT2D eigenvalue weighted by Crippen LogP contribution is -2.30. The molecule has 21 heavy (non-hydrogen) atoms. The fraction of sp³-hybridized carbons (Fsp3) is 0.333. The summed E-state index contributed by atoms with van der Waals surface area (Å²) in [6, 6.07) is 10.4. The third kappa shape index (κ3) is 3.16. The number of aromatic carboxylic acids is 1. The van der Waals surface area contributed by atoms with E-state index in [1.165, 1.54) is 23.2 Å². The zero-order valence-electron chi connectivity index (χ0n) is 11.6. The van der Waals surface area contributed by atoms with E-state index >= 15 is 0 Å². The highest BCUT2D eigenvalue weighted by atomic mass is 32.1. The summed E-state index contributed by atoms with van der Waals surface area (Å²) in [6.45, 7) is 3.71. The molecule has 6 heteroatoms. The predicted molar refractivity (Wildman–Crippen MR) is 84.6 cm³/mol. The summed E-state index contributed by atoms with van der Waals surface area (Å²) in [7, 11) is 0. The van der Waals surface area contributed by atoms with Crippen LogP contribution in [0, 0.1) is 0 Å². The van der Waals surface area contributed by atoms with E-state index in [2.05, 4.69) is 39.0 Å². The standard InChI is InChI=1S/C15H17N3O2S/c19-14(20)13-11-16-15(21-13)18-8-4-7-17(9-10-18)12-5-2-1-3-6-12/h1-3,5-6,11H,4,7-10H2,(H,19,20). The molecule has 5 nitrogen and oxygen atoms in total. The number of thiazole rings is 1. The summed E-state index contributed by atoms with van der Waals surface area (Å²) >= 11 is 1.25. The number of nitrogens with zero attached hydrogens (tertiary/aromatic N) is 3. The van der Waals surface area contributed by atoms with Gasteiger partial charge in [-0.15, -0.1) is 0 Å². The number of carbonyl (C=O) groups is 1. The molecule has 2 heterocycles. The molecular formula is C15H17N3O2S. The van der Waals surface area contributed by atoms with Crippen LogP contribution in [-0.2, 0) is 0 Å². The lowest BCUT2D eigenvalue weighted by molar-refractivity contribution is 0.0702. The molecule has 1 aromatic heterocycles. The van der Waals surface area contributed by atoms with E-state index in [0.717, 1.165) is 37.7 Å². The molecule has 0 unspecified atom stereocenters. The first-order valence-corrected chi connectivity index (χ1v) is 7.80. The van der Waals surface area contributed by atoms with Gasteiger partial charge in [-0.1, -0.05) is 29.5 Å². The Hall–Kier alpha value is -2.08. The first kappa shape index (κ1) is 13.9. The van der Waals surface area contributed by atoms with Crippen LogP contribution in [0.1, 0.15) is 16.1 Å². The number of benzene rings is 1. The van der Waals surface area contributed by atoms with Crippen molar-refractivity contribution in [2.45, 2.75) is 6.42 Å². The van der Waals surface area contributed by atoms with E-state index in [1.807, 2.05) is 6.07 Å². The fourth-order valence-corrected chi connectivity index (χ4v) is 3.32. The molecule has 1 fully saturated rings. The smallest absolute Gasteiger partial charge is 0.347 e. The normalized spacial score (nSPS) is 15.8. The summed E-state index contributed by atoms with van der Waals surface area (Å²) in [6.07, 6.45) is 2.49. The summed E-state index contributed by atoms with van der Waals surface area (Å²) < 4.78 is 0. The molecule has 0 amide bonds. The van der Waals surface area contributed by atoms with Gasteiger partial charge in [0.2, 0.25) is 0 Å². The van der Waals surface area contributed by atoms with Gasteiger partial charge < -0.3 is 14.9 Å². The number of rotatable bonds is 3. The molecule has 0 aliphatic carbocycles. The van der Waals surface area contributed by atoms with E-state index in [4.69, 9.17) is 5.11 Å². The average Bonchev–Trinajstić information content (AvgIpc) is 2.87. The zero-order chi connectivity index (χ0) is 14.7. The third-order valence-electron chi connectivity index (χ3n) is 3.59. The van der Waals surface area contributed by atoms with Crippen molar-refractivity contribution < 1.29 is 9.90 Å². The summed E-state index contributed by atoms with van der Waals surface area (Å²) in [5.74, 6) is -0.903. The maximum absolute atomic E-state index is 10.9. The van der Waals surface area contributed by atoms with Crippen molar-refractivity contribution in [2.24, 2.45) is 0 Å². The lowest BCUT2D eigenvalue weighted by atomic mass is 10.3. The molecule has 0 spiro atoms. The largest absolute Gasteiger partial charge is 0.477 e.